The lowest BCUT2D eigenvalue weighted by atomic mass is 9.73. The molecule has 0 aromatic heterocycles. The van der Waals surface area contributed by atoms with Crippen molar-refractivity contribution >= 4 is 5.91 Å². The second-order valence-corrected chi connectivity index (χ2v) is 6.67. The van der Waals surface area contributed by atoms with Crippen LogP contribution in [0, 0.1) is 11.2 Å². The summed E-state index contributed by atoms with van der Waals surface area (Å²) in [5.41, 5.74) is 0.767. The van der Waals surface area contributed by atoms with E-state index in [2.05, 4.69) is 0 Å². The third kappa shape index (κ3) is 3.56. The van der Waals surface area contributed by atoms with Gasteiger partial charge in [-0.1, -0.05) is 12.1 Å². The van der Waals surface area contributed by atoms with Crippen molar-refractivity contribution in [1.82, 2.24) is 4.90 Å². The number of fused-ring (bicyclic) bond motifs is 1. The lowest BCUT2D eigenvalue weighted by Gasteiger charge is -2.50. The molecule has 2 fully saturated rings. The highest BCUT2D eigenvalue weighted by Gasteiger charge is 2.46. The Bertz CT molecular complexity index is 544. The number of benzene rings is 1. The Balaban J connectivity index is 1.68. The van der Waals surface area contributed by atoms with E-state index in [4.69, 9.17) is 9.47 Å². The lowest BCUT2D eigenvalue weighted by Crippen LogP contribution is -2.58. The monoisotopic (exact) mass is 321 g/mol. The number of ether oxygens (including phenoxy) is 2. The quantitative estimate of drug-likeness (QED) is 0.855. The number of halogens is 1. The van der Waals surface area contributed by atoms with Crippen LogP contribution in [0.1, 0.15) is 24.8 Å². The van der Waals surface area contributed by atoms with Crippen LogP contribution >= 0.6 is 0 Å². The molecule has 0 bridgehead atoms. The van der Waals surface area contributed by atoms with Crippen molar-refractivity contribution in [2.24, 2.45) is 5.41 Å². The maximum Gasteiger partial charge on any atom is 0.227 e. The van der Waals surface area contributed by atoms with E-state index in [1.807, 2.05) is 4.90 Å². The van der Waals surface area contributed by atoms with Crippen molar-refractivity contribution < 1.29 is 18.7 Å². The average Bonchev–Trinajstić information content (AvgIpc) is 2.56. The molecule has 0 unspecified atom stereocenters. The van der Waals surface area contributed by atoms with Crippen LogP contribution in [-0.2, 0) is 20.7 Å². The fraction of sp³-hybridized carbons (Fsp3) is 0.611. The lowest BCUT2D eigenvalue weighted by molar-refractivity contribution is -0.161. The van der Waals surface area contributed by atoms with Crippen LogP contribution in [0.4, 0.5) is 4.39 Å². The first-order valence-corrected chi connectivity index (χ1v) is 8.26. The molecule has 1 aromatic rings. The molecule has 2 aliphatic heterocycles. The number of rotatable bonds is 4. The van der Waals surface area contributed by atoms with E-state index in [0.29, 0.717) is 19.6 Å². The molecule has 2 atom stereocenters. The molecule has 4 nitrogen and oxygen atoms in total. The summed E-state index contributed by atoms with van der Waals surface area (Å²) in [6.45, 7) is 2.83. The van der Waals surface area contributed by atoms with E-state index in [1.165, 1.54) is 12.1 Å². The molecule has 3 rings (SSSR count). The van der Waals surface area contributed by atoms with Crippen LogP contribution in [0.15, 0.2) is 24.3 Å². The molecule has 0 saturated carbocycles. The Morgan fingerprint density at radius 2 is 2.22 bits per heavy atom. The zero-order valence-corrected chi connectivity index (χ0v) is 13.6. The number of piperidine rings is 1. The van der Waals surface area contributed by atoms with Gasteiger partial charge in [0.1, 0.15) is 5.82 Å². The zero-order chi connectivity index (χ0) is 16.3. The highest BCUT2D eigenvalue weighted by atomic mass is 19.1. The second-order valence-electron chi connectivity index (χ2n) is 6.67. The zero-order valence-electron chi connectivity index (χ0n) is 13.6. The highest BCUT2D eigenvalue weighted by Crippen LogP contribution is 2.40. The van der Waals surface area contributed by atoms with E-state index >= 15 is 0 Å². The van der Waals surface area contributed by atoms with E-state index in [9.17, 15) is 9.18 Å². The van der Waals surface area contributed by atoms with Crippen LogP contribution in [-0.4, -0.2) is 50.3 Å². The standard InChI is InChI=1S/C18H24FNO3/c1-22-13-18-8-2-10-23-16(18)7-9-20(12-18)17(21)11-14-3-5-15(19)6-4-14/h3-6,16H,2,7-13H2,1H3/t16-,18+/m1/s1. The molecule has 1 amide bonds. The normalized spacial score (nSPS) is 27.6. The predicted octanol–water partition coefficient (Wildman–Crippen LogP) is 2.41. The minimum Gasteiger partial charge on any atom is -0.384 e. The van der Waals surface area contributed by atoms with Crippen molar-refractivity contribution in [3.05, 3.63) is 35.6 Å². The van der Waals surface area contributed by atoms with Crippen molar-refractivity contribution in [3.8, 4) is 0 Å². The molecule has 2 aliphatic rings. The van der Waals surface area contributed by atoms with Gasteiger partial charge in [0.2, 0.25) is 5.91 Å². The number of methoxy groups -OCH3 is 1. The van der Waals surface area contributed by atoms with Crippen LogP contribution in [0.2, 0.25) is 0 Å². The fourth-order valence-corrected chi connectivity index (χ4v) is 3.89. The summed E-state index contributed by atoms with van der Waals surface area (Å²) in [6, 6.07) is 6.15. The maximum absolute atomic E-state index is 13.0. The first-order chi connectivity index (χ1) is 11.1. The molecular weight excluding hydrogens is 297 g/mol. The fourth-order valence-electron chi connectivity index (χ4n) is 3.89. The number of carbonyl (C=O) groups is 1. The van der Waals surface area contributed by atoms with E-state index in [1.54, 1.807) is 19.2 Å². The minimum absolute atomic E-state index is 0.0797. The summed E-state index contributed by atoms with van der Waals surface area (Å²) in [4.78, 5) is 14.5. The average molecular weight is 321 g/mol. The predicted molar refractivity (Wildman–Crippen MR) is 84.6 cm³/mol. The van der Waals surface area contributed by atoms with Gasteiger partial charge in [0, 0.05) is 32.2 Å². The summed E-state index contributed by atoms with van der Waals surface area (Å²) in [7, 11) is 1.71. The Morgan fingerprint density at radius 1 is 1.43 bits per heavy atom. The number of carbonyl (C=O) groups excluding carboxylic acids is 1. The van der Waals surface area contributed by atoms with Gasteiger partial charge < -0.3 is 14.4 Å². The molecule has 0 spiro atoms. The molecule has 126 valence electrons. The third-order valence-electron chi connectivity index (χ3n) is 5.04. The van der Waals surface area contributed by atoms with Crippen LogP contribution in [0.3, 0.4) is 0 Å². The largest absolute Gasteiger partial charge is 0.384 e. The van der Waals surface area contributed by atoms with Crippen LogP contribution in [0.5, 0.6) is 0 Å². The van der Waals surface area contributed by atoms with Gasteiger partial charge in [-0.05, 0) is 37.0 Å². The second kappa shape index (κ2) is 6.97. The molecule has 23 heavy (non-hydrogen) atoms. The summed E-state index contributed by atoms with van der Waals surface area (Å²) >= 11 is 0. The van der Waals surface area contributed by atoms with E-state index in [-0.39, 0.29) is 23.2 Å². The number of amides is 1. The van der Waals surface area contributed by atoms with Gasteiger partial charge in [0.05, 0.1) is 19.1 Å². The number of likely N-dealkylation sites (tertiary alicyclic amines) is 1. The Hall–Kier alpha value is -1.46. The molecule has 0 radical (unpaired) electrons. The molecule has 0 N–H and O–H groups in total. The Kier molecular flexibility index (Phi) is 4.97. The van der Waals surface area contributed by atoms with Gasteiger partial charge in [0.25, 0.3) is 0 Å². The smallest absolute Gasteiger partial charge is 0.227 e. The molecule has 1 aromatic carbocycles. The van der Waals surface area contributed by atoms with E-state index < -0.39 is 0 Å². The first kappa shape index (κ1) is 16.4. The molecule has 0 aliphatic carbocycles. The Labute approximate surface area is 136 Å². The van der Waals surface area contributed by atoms with Gasteiger partial charge in [-0.3, -0.25) is 4.79 Å². The third-order valence-corrected chi connectivity index (χ3v) is 5.04. The molecule has 2 saturated heterocycles. The van der Waals surface area contributed by atoms with Gasteiger partial charge in [-0.15, -0.1) is 0 Å². The van der Waals surface area contributed by atoms with Crippen LogP contribution < -0.4 is 0 Å². The summed E-state index contributed by atoms with van der Waals surface area (Å²) in [5, 5.41) is 0. The molecule has 2 heterocycles. The summed E-state index contributed by atoms with van der Waals surface area (Å²) in [6.07, 6.45) is 3.41. The van der Waals surface area contributed by atoms with Crippen molar-refractivity contribution in [2.75, 3.05) is 33.4 Å². The van der Waals surface area contributed by atoms with Gasteiger partial charge in [-0.25, -0.2) is 4.39 Å². The van der Waals surface area contributed by atoms with Gasteiger partial charge in [-0.2, -0.15) is 0 Å². The van der Waals surface area contributed by atoms with Gasteiger partial charge >= 0.3 is 0 Å². The maximum atomic E-state index is 13.0. The van der Waals surface area contributed by atoms with Crippen LogP contribution in [0.25, 0.3) is 0 Å². The van der Waals surface area contributed by atoms with E-state index in [0.717, 1.165) is 38.0 Å². The van der Waals surface area contributed by atoms with Gasteiger partial charge in [0.15, 0.2) is 0 Å². The molecular formula is C18H24FNO3. The summed E-state index contributed by atoms with van der Waals surface area (Å²) in [5.74, 6) is -0.184. The van der Waals surface area contributed by atoms with Crippen molar-refractivity contribution in [1.29, 1.82) is 0 Å². The first-order valence-electron chi connectivity index (χ1n) is 8.26. The molecule has 5 heteroatoms. The number of hydrogen-bond donors (Lipinski definition) is 0. The number of hydrogen-bond acceptors (Lipinski definition) is 3. The Morgan fingerprint density at radius 3 is 2.96 bits per heavy atom. The number of nitrogens with zero attached hydrogens (tertiary/aromatic N) is 1. The topological polar surface area (TPSA) is 38.8 Å². The summed E-state index contributed by atoms with van der Waals surface area (Å²) < 4.78 is 24.4. The SMILES string of the molecule is COC[C@@]12CCCO[C@@H]1CCN(C(=O)Cc1ccc(F)cc1)C2. The minimum atomic E-state index is -0.277. The van der Waals surface area contributed by atoms with Crippen molar-refractivity contribution in [2.45, 2.75) is 31.8 Å². The van der Waals surface area contributed by atoms with Crippen molar-refractivity contribution in [3.63, 3.8) is 0 Å². The highest BCUT2D eigenvalue weighted by molar-refractivity contribution is 5.79.